The number of carbonyl (C=O) groups is 1. The number of methoxy groups -OCH3 is 1. The number of amides is 1. The van der Waals surface area contributed by atoms with Crippen molar-refractivity contribution in [3.8, 4) is 17.0 Å². The number of pyridine rings is 1. The Balaban J connectivity index is 1.86. The van der Waals surface area contributed by atoms with Crippen LogP contribution in [0.1, 0.15) is 15.9 Å². The molecule has 144 valence electrons. The fourth-order valence-corrected chi connectivity index (χ4v) is 3.63. The molecule has 0 aliphatic carbocycles. The van der Waals surface area contributed by atoms with E-state index in [1.807, 2.05) is 18.2 Å². The zero-order valence-corrected chi connectivity index (χ0v) is 17.0. The Morgan fingerprint density at radius 1 is 1.18 bits per heavy atom. The molecule has 0 saturated heterocycles. The van der Waals surface area contributed by atoms with E-state index in [2.05, 4.69) is 10.3 Å². The fourth-order valence-electron chi connectivity index (χ4n) is 2.77. The van der Waals surface area contributed by atoms with Gasteiger partial charge in [-0.3, -0.25) is 14.0 Å². The zero-order valence-electron chi connectivity index (χ0n) is 15.4. The number of anilines is 1. The molecule has 1 atom stereocenters. The largest absolute Gasteiger partial charge is 0.496 e. The summed E-state index contributed by atoms with van der Waals surface area (Å²) in [6, 6.07) is 16.0. The summed E-state index contributed by atoms with van der Waals surface area (Å²) in [7, 11) is 0.527. The van der Waals surface area contributed by atoms with Gasteiger partial charge in [-0.15, -0.1) is 0 Å². The number of hydrogen-bond donors (Lipinski definition) is 1. The first-order valence-electron chi connectivity index (χ1n) is 8.47. The average Bonchev–Trinajstić information content (AvgIpc) is 2.69. The molecule has 7 heteroatoms. The number of ether oxygens (including phenoxy) is 1. The van der Waals surface area contributed by atoms with Crippen molar-refractivity contribution in [1.29, 1.82) is 0 Å². The molecular weight excluding hydrogens is 396 g/mol. The molecule has 1 aromatic heterocycles. The number of aromatic nitrogens is 1. The van der Waals surface area contributed by atoms with Crippen LogP contribution < -0.4 is 10.1 Å². The molecule has 3 rings (SSSR count). The van der Waals surface area contributed by atoms with Crippen LogP contribution in [0.5, 0.6) is 5.75 Å². The maximum absolute atomic E-state index is 12.8. The molecule has 1 amide bonds. The van der Waals surface area contributed by atoms with Crippen molar-refractivity contribution in [3.63, 3.8) is 0 Å². The zero-order chi connectivity index (χ0) is 20.1. The van der Waals surface area contributed by atoms with Gasteiger partial charge in [0.1, 0.15) is 5.75 Å². The number of benzene rings is 2. The molecule has 1 N–H and O–H groups in total. The van der Waals surface area contributed by atoms with E-state index in [4.69, 9.17) is 16.3 Å². The molecule has 0 saturated carbocycles. The van der Waals surface area contributed by atoms with E-state index in [0.29, 0.717) is 27.8 Å². The normalized spacial score (nSPS) is 11.7. The second kappa shape index (κ2) is 8.99. The Morgan fingerprint density at radius 2 is 2.00 bits per heavy atom. The van der Waals surface area contributed by atoms with Gasteiger partial charge in [-0.05, 0) is 48.0 Å². The van der Waals surface area contributed by atoms with Gasteiger partial charge >= 0.3 is 0 Å². The molecule has 0 aliphatic heterocycles. The quantitative estimate of drug-likeness (QED) is 0.642. The van der Waals surface area contributed by atoms with Crippen molar-refractivity contribution in [2.24, 2.45) is 0 Å². The number of carbonyl (C=O) groups excluding carboxylic acids is 1. The number of nitrogens with zero attached hydrogens (tertiary/aromatic N) is 1. The molecule has 0 radical (unpaired) electrons. The highest BCUT2D eigenvalue weighted by Crippen LogP contribution is 2.30. The maximum Gasteiger partial charge on any atom is 0.259 e. The summed E-state index contributed by atoms with van der Waals surface area (Å²) in [5, 5.41) is 3.41. The average molecular weight is 415 g/mol. The SMILES string of the molecule is COc1cc(CS(C)=O)ccc1C(=O)Nc1ccc(Cl)c(-c2ccccn2)c1. The number of hydrogen-bond acceptors (Lipinski definition) is 4. The van der Waals surface area contributed by atoms with Crippen LogP contribution in [0, 0.1) is 0 Å². The predicted octanol–water partition coefficient (Wildman–Crippen LogP) is 4.54. The van der Waals surface area contributed by atoms with Gasteiger partial charge in [-0.25, -0.2) is 0 Å². The van der Waals surface area contributed by atoms with Gasteiger partial charge in [-0.2, -0.15) is 0 Å². The maximum atomic E-state index is 12.8. The molecule has 0 aliphatic rings. The molecule has 3 aromatic rings. The van der Waals surface area contributed by atoms with E-state index in [1.165, 1.54) is 7.11 Å². The minimum absolute atomic E-state index is 0.310. The van der Waals surface area contributed by atoms with Gasteiger partial charge in [0.05, 0.1) is 23.4 Å². The van der Waals surface area contributed by atoms with E-state index in [9.17, 15) is 9.00 Å². The highest BCUT2D eigenvalue weighted by molar-refractivity contribution is 7.83. The Labute approximate surface area is 171 Å². The summed E-state index contributed by atoms with van der Waals surface area (Å²) in [5.41, 5.74) is 3.28. The van der Waals surface area contributed by atoms with Gasteiger partial charge in [0.2, 0.25) is 0 Å². The minimum Gasteiger partial charge on any atom is -0.496 e. The van der Waals surface area contributed by atoms with Gasteiger partial charge < -0.3 is 10.1 Å². The monoisotopic (exact) mass is 414 g/mol. The second-order valence-corrected chi connectivity index (χ2v) is 7.96. The van der Waals surface area contributed by atoms with Crippen molar-refractivity contribution in [2.75, 3.05) is 18.7 Å². The van der Waals surface area contributed by atoms with Crippen LogP contribution in [0.3, 0.4) is 0 Å². The Morgan fingerprint density at radius 3 is 2.68 bits per heavy atom. The van der Waals surface area contributed by atoms with Crippen LogP contribution in [-0.4, -0.2) is 28.5 Å². The lowest BCUT2D eigenvalue weighted by Gasteiger charge is -2.12. The molecular formula is C21H19ClN2O3S. The van der Waals surface area contributed by atoms with Crippen molar-refractivity contribution in [2.45, 2.75) is 5.75 Å². The topological polar surface area (TPSA) is 68.3 Å². The molecule has 5 nitrogen and oxygen atoms in total. The number of halogens is 1. The van der Waals surface area contributed by atoms with Gasteiger partial charge in [0.25, 0.3) is 5.91 Å². The standard InChI is InChI=1S/C21H19ClN2O3S/c1-27-20-11-14(13-28(2)26)6-8-16(20)21(25)24-15-7-9-18(22)17(12-15)19-5-3-4-10-23-19/h3-12H,13H2,1-2H3,(H,24,25). The van der Waals surface area contributed by atoms with Crippen molar-refractivity contribution in [1.82, 2.24) is 4.98 Å². The van der Waals surface area contributed by atoms with Crippen molar-refractivity contribution >= 4 is 34.0 Å². The molecule has 0 spiro atoms. The van der Waals surface area contributed by atoms with Gasteiger partial charge in [-0.1, -0.05) is 23.7 Å². The third-order valence-electron chi connectivity index (χ3n) is 4.05. The highest BCUT2D eigenvalue weighted by atomic mass is 35.5. The van der Waals surface area contributed by atoms with Crippen LogP contribution >= 0.6 is 11.6 Å². The van der Waals surface area contributed by atoms with Crippen LogP contribution in [0.25, 0.3) is 11.3 Å². The highest BCUT2D eigenvalue weighted by Gasteiger charge is 2.15. The first kappa shape index (κ1) is 20.0. The molecule has 2 aromatic carbocycles. The van der Waals surface area contributed by atoms with E-state index < -0.39 is 10.8 Å². The van der Waals surface area contributed by atoms with Gasteiger partial charge in [0.15, 0.2) is 0 Å². The van der Waals surface area contributed by atoms with E-state index in [-0.39, 0.29) is 5.91 Å². The Bertz CT molecular complexity index is 1030. The predicted molar refractivity (Wildman–Crippen MR) is 113 cm³/mol. The molecule has 1 heterocycles. The fraction of sp³-hybridized carbons (Fsp3) is 0.143. The smallest absolute Gasteiger partial charge is 0.259 e. The van der Waals surface area contributed by atoms with E-state index >= 15 is 0 Å². The number of rotatable bonds is 6. The molecule has 0 fully saturated rings. The molecule has 28 heavy (non-hydrogen) atoms. The van der Waals surface area contributed by atoms with Crippen molar-refractivity contribution < 1.29 is 13.7 Å². The summed E-state index contributed by atoms with van der Waals surface area (Å²) in [5.74, 6) is 0.526. The molecule has 0 bridgehead atoms. The van der Waals surface area contributed by atoms with E-state index in [1.54, 1.807) is 48.9 Å². The summed E-state index contributed by atoms with van der Waals surface area (Å²) in [4.78, 5) is 17.1. The van der Waals surface area contributed by atoms with Gasteiger partial charge in [0, 0.05) is 40.3 Å². The van der Waals surface area contributed by atoms with E-state index in [0.717, 1.165) is 16.8 Å². The Kier molecular flexibility index (Phi) is 6.44. The summed E-state index contributed by atoms with van der Waals surface area (Å²) in [6.45, 7) is 0. The van der Waals surface area contributed by atoms with Crippen LogP contribution in [0.15, 0.2) is 60.8 Å². The summed E-state index contributed by atoms with van der Waals surface area (Å²) >= 11 is 6.29. The first-order valence-corrected chi connectivity index (χ1v) is 10.6. The lowest BCUT2D eigenvalue weighted by Crippen LogP contribution is -2.13. The summed E-state index contributed by atoms with van der Waals surface area (Å²) < 4.78 is 16.8. The second-order valence-electron chi connectivity index (χ2n) is 6.12. The lowest BCUT2D eigenvalue weighted by molar-refractivity contribution is 0.102. The lowest BCUT2D eigenvalue weighted by atomic mass is 10.1. The van der Waals surface area contributed by atoms with Crippen LogP contribution in [-0.2, 0) is 16.6 Å². The van der Waals surface area contributed by atoms with Crippen LogP contribution in [0.2, 0.25) is 5.02 Å². The third-order valence-corrected chi connectivity index (χ3v) is 5.12. The summed E-state index contributed by atoms with van der Waals surface area (Å²) in [6.07, 6.45) is 3.32. The number of nitrogens with one attached hydrogen (secondary N) is 1. The molecule has 1 unspecified atom stereocenters. The Hall–Kier alpha value is -2.70. The minimum atomic E-state index is -0.973. The third kappa shape index (κ3) is 4.77. The van der Waals surface area contributed by atoms with Crippen molar-refractivity contribution in [3.05, 3.63) is 76.9 Å². The van der Waals surface area contributed by atoms with Crippen LogP contribution in [0.4, 0.5) is 5.69 Å². The first-order chi connectivity index (χ1) is 13.5.